The molecule has 1 heteroatoms. The van der Waals surface area contributed by atoms with Crippen molar-refractivity contribution in [1.82, 2.24) is 0 Å². The maximum Gasteiger partial charge on any atom is 0.119 e. The fraction of sp³-hybridized carbons (Fsp3) is 0.412. The van der Waals surface area contributed by atoms with Gasteiger partial charge in [0, 0.05) is 0 Å². The number of ether oxygens (including phenoxy) is 1. The predicted octanol–water partition coefficient (Wildman–Crippen LogP) is 4.97. The molecule has 0 atom stereocenters. The van der Waals surface area contributed by atoms with Gasteiger partial charge in [-0.05, 0) is 48.2 Å². The topological polar surface area (TPSA) is 9.23 Å². The molecule has 0 bridgehead atoms. The smallest absolute Gasteiger partial charge is 0.119 e. The molecule has 2 aromatic carbocycles. The van der Waals surface area contributed by atoms with Gasteiger partial charge in [-0.3, -0.25) is 0 Å². The van der Waals surface area contributed by atoms with Gasteiger partial charge in [0.1, 0.15) is 5.75 Å². The highest BCUT2D eigenvalue weighted by atomic mass is 16.5. The molecule has 0 aliphatic heterocycles. The Morgan fingerprint density at radius 2 is 1.67 bits per heavy atom. The van der Waals surface area contributed by atoms with Crippen molar-refractivity contribution in [1.29, 1.82) is 0 Å². The lowest BCUT2D eigenvalue weighted by molar-refractivity contribution is 0.341. The third-order valence-corrected chi connectivity index (χ3v) is 3.26. The SMILES string of the molecule is CCCCCc1ccc2cc(OCC)ccc2c1. The van der Waals surface area contributed by atoms with Crippen molar-refractivity contribution >= 4 is 10.8 Å². The van der Waals surface area contributed by atoms with E-state index < -0.39 is 0 Å². The van der Waals surface area contributed by atoms with Crippen LogP contribution in [0, 0.1) is 0 Å². The average Bonchev–Trinajstić information content (AvgIpc) is 2.39. The molecule has 0 saturated heterocycles. The molecule has 0 unspecified atom stereocenters. The molecule has 96 valence electrons. The van der Waals surface area contributed by atoms with Gasteiger partial charge in [-0.2, -0.15) is 0 Å². The summed E-state index contributed by atoms with van der Waals surface area (Å²) in [6.45, 7) is 4.98. The summed E-state index contributed by atoms with van der Waals surface area (Å²) >= 11 is 0. The fourth-order valence-corrected chi connectivity index (χ4v) is 2.26. The van der Waals surface area contributed by atoms with Crippen LogP contribution in [0.2, 0.25) is 0 Å². The molecular formula is C17H22O. The second-order valence-electron chi connectivity index (χ2n) is 4.73. The second kappa shape index (κ2) is 6.44. The average molecular weight is 242 g/mol. The van der Waals surface area contributed by atoms with Gasteiger partial charge in [0.05, 0.1) is 6.61 Å². The Bertz CT molecular complexity index is 502. The summed E-state index contributed by atoms with van der Waals surface area (Å²) in [4.78, 5) is 0. The van der Waals surface area contributed by atoms with Crippen molar-refractivity contribution < 1.29 is 4.74 Å². The molecule has 0 heterocycles. The highest BCUT2D eigenvalue weighted by Gasteiger charge is 1.99. The van der Waals surface area contributed by atoms with Gasteiger partial charge in [0.2, 0.25) is 0 Å². The van der Waals surface area contributed by atoms with Crippen LogP contribution in [-0.2, 0) is 6.42 Å². The molecule has 1 nitrogen and oxygen atoms in total. The van der Waals surface area contributed by atoms with E-state index in [-0.39, 0.29) is 0 Å². The van der Waals surface area contributed by atoms with Crippen molar-refractivity contribution in [3.63, 3.8) is 0 Å². The summed E-state index contributed by atoms with van der Waals surface area (Å²) in [5.41, 5.74) is 1.44. The lowest BCUT2D eigenvalue weighted by Crippen LogP contribution is -1.91. The molecule has 18 heavy (non-hydrogen) atoms. The number of hydrogen-bond donors (Lipinski definition) is 0. The molecule has 0 aliphatic rings. The van der Waals surface area contributed by atoms with E-state index >= 15 is 0 Å². The first-order chi connectivity index (χ1) is 8.83. The molecule has 0 radical (unpaired) electrons. The Morgan fingerprint density at radius 1 is 0.889 bits per heavy atom. The number of fused-ring (bicyclic) bond motifs is 1. The predicted molar refractivity (Wildman–Crippen MR) is 78.3 cm³/mol. The van der Waals surface area contributed by atoms with Crippen LogP contribution in [0.4, 0.5) is 0 Å². The molecule has 0 saturated carbocycles. The molecule has 0 fully saturated rings. The quantitative estimate of drug-likeness (QED) is 0.650. The van der Waals surface area contributed by atoms with E-state index in [4.69, 9.17) is 4.74 Å². The Kier molecular flexibility index (Phi) is 4.63. The van der Waals surface area contributed by atoms with E-state index in [2.05, 4.69) is 43.3 Å². The van der Waals surface area contributed by atoms with Crippen LogP contribution in [-0.4, -0.2) is 6.61 Å². The van der Waals surface area contributed by atoms with Crippen LogP contribution in [0.25, 0.3) is 10.8 Å². The highest BCUT2D eigenvalue weighted by Crippen LogP contribution is 2.22. The summed E-state index contributed by atoms with van der Waals surface area (Å²) in [5, 5.41) is 2.58. The highest BCUT2D eigenvalue weighted by molar-refractivity contribution is 5.84. The van der Waals surface area contributed by atoms with Crippen molar-refractivity contribution in [2.75, 3.05) is 6.61 Å². The maximum absolute atomic E-state index is 5.52. The lowest BCUT2D eigenvalue weighted by atomic mass is 10.0. The van der Waals surface area contributed by atoms with Crippen molar-refractivity contribution in [2.24, 2.45) is 0 Å². The van der Waals surface area contributed by atoms with E-state index in [1.807, 2.05) is 6.92 Å². The van der Waals surface area contributed by atoms with E-state index in [1.165, 1.54) is 42.0 Å². The summed E-state index contributed by atoms with van der Waals surface area (Å²) in [7, 11) is 0. The number of benzene rings is 2. The monoisotopic (exact) mass is 242 g/mol. The van der Waals surface area contributed by atoms with Crippen molar-refractivity contribution in [3.05, 3.63) is 42.0 Å². The van der Waals surface area contributed by atoms with Gasteiger partial charge < -0.3 is 4.74 Å². The van der Waals surface area contributed by atoms with Crippen molar-refractivity contribution in [3.8, 4) is 5.75 Å². The molecule has 0 aromatic heterocycles. The Morgan fingerprint density at radius 3 is 2.44 bits per heavy atom. The fourth-order valence-electron chi connectivity index (χ4n) is 2.26. The van der Waals surface area contributed by atoms with Crippen molar-refractivity contribution in [2.45, 2.75) is 39.5 Å². The molecule has 0 spiro atoms. The molecule has 0 aliphatic carbocycles. The van der Waals surface area contributed by atoms with Crippen LogP contribution in [0.3, 0.4) is 0 Å². The van der Waals surface area contributed by atoms with E-state index in [9.17, 15) is 0 Å². The molecule has 2 rings (SSSR count). The number of aryl methyl sites for hydroxylation is 1. The third kappa shape index (κ3) is 3.25. The van der Waals surface area contributed by atoms with E-state index in [0.717, 1.165) is 12.4 Å². The van der Waals surface area contributed by atoms with Crippen LogP contribution < -0.4 is 4.74 Å². The Balaban J connectivity index is 2.16. The minimum Gasteiger partial charge on any atom is -0.494 e. The van der Waals surface area contributed by atoms with Gasteiger partial charge in [0.15, 0.2) is 0 Å². The van der Waals surface area contributed by atoms with Crippen LogP contribution in [0.15, 0.2) is 36.4 Å². The summed E-state index contributed by atoms with van der Waals surface area (Å²) in [6.07, 6.45) is 5.09. The van der Waals surface area contributed by atoms with Crippen LogP contribution in [0.1, 0.15) is 38.7 Å². The van der Waals surface area contributed by atoms with Gasteiger partial charge in [-0.1, -0.05) is 44.0 Å². The minimum absolute atomic E-state index is 0.723. The lowest BCUT2D eigenvalue weighted by Gasteiger charge is -2.06. The Labute approximate surface area is 110 Å². The molecule has 0 amide bonds. The molecule has 2 aromatic rings. The van der Waals surface area contributed by atoms with Crippen LogP contribution in [0.5, 0.6) is 5.75 Å². The number of unbranched alkanes of at least 4 members (excludes halogenated alkanes) is 2. The first kappa shape index (κ1) is 12.9. The second-order valence-corrected chi connectivity index (χ2v) is 4.73. The standard InChI is InChI=1S/C17H22O/c1-3-5-6-7-14-8-9-16-13-17(18-4-2)11-10-15(16)12-14/h8-13H,3-7H2,1-2H3. The Hall–Kier alpha value is -1.50. The zero-order valence-corrected chi connectivity index (χ0v) is 11.4. The van der Waals surface area contributed by atoms with Gasteiger partial charge in [0.25, 0.3) is 0 Å². The molecule has 0 N–H and O–H groups in total. The van der Waals surface area contributed by atoms with Gasteiger partial charge in [-0.25, -0.2) is 0 Å². The summed E-state index contributed by atoms with van der Waals surface area (Å²) < 4.78 is 5.52. The zero-order valence-electron chi connectivity index (χ0n) is 11.4. The largest absolute Gasteiger partial charge is 0.494 e. The minimum atomic E-state index is 0.723. The van der Waals surface area contributed by atoms with E-state index in [0.29, 0.717) is 0 Å². The number of rotatable bonds is 6. The molecular weight excluding hydrogens is 220 g/mol. The number of hydrogen-bond acceptors (Lipinski definition) is 1. The third-order valence-electron chi connectivity index (χ3n) is 3.26. The first-order valence-electron chi connectivity index (χ1n) is 6.99. The normalized spacial score (nSPS) is 10.8. The maximum atomic E-state index is 5.52. The zero-order chi connectivity index (χ0) is 12.8. The van der Waals surface area contributed by atoms with Gasteiger partial charge in [-0.15, -0.1) is 0 Å². The van der Waals surface area contributed by atoms with Gasteiger partial charge >= 0.3 is 0 Å². The first-order valence-corrected chi connectivity index (χ1v) is 6.99. The van der Waals surface area contributed by atoms with Crippen LogP contribution >= 0.6 is 0 Å². The summed E-state index contributed by atoms with van der Waals surface area (Å²) in [5.74, 6) is 0.962. The summed E-state index contributed by atoms with van der Waals surface area (Å²) in [6, 6.07) is 13.1. The van der Waals surface area contributed by atoms with E-state index in [1.54, 1.807) is 0 Å².